The summed E-state index contributed by atoms with van der Waals surface area (Å²) in [5, 5.41) is 2.02. The Hall–Kier alpha value is -2.95. The van der Waals surface area contributed by atoms with Gasteiger partial charge in [0.1, 0.15) is 0 Å². The Balaban J connectivity index is 1.74. The molecule has 6 rings (SSSR count). The molecular weight excluding hydrogens is 704 g/mol. The average molecular weight is 743 g/mol. The second-order valence-corrected chi connectivity index (χ2v) is 21.4. The van der Waals surface area contributed by atoms with Gasteiger partial charge in [0.15, 0.2) is 0 Å². The van der Waals surface area contributed by atoms with E-state index in [1.165, 1.54) is 33.4 Å². The fourth-order valence-electron chi connectivity index (χ4n) is 6.66. The zero-order chi connectivity index (χ0) is 32.0. The fourth-order valence-corrected chi connectivity index (χ4v) is 13.5. The van der Waals surface area contributed by atoms with E-state index in [2.05, 4.69) is 93.8 Å². The molecule has 0 radical (unpaired) electrons. The molecule has 0 spiro atoms. The Morgan fingerprint density at radius 2 is 1.16 bits per heavy atom. The summed E-state index contributed by atoms with van der Waals surface area (Å²) in [6.45, 7) is 14.5. The Morgan fingerprint density at radius 1 is 0.667 bits per heavy atom. The predicted octanol–water partition coefficient (Wildman–Crippen LogP) is 10.1. The molecule has 45 heavy (non-hydrogen) atoms. The molecule has 0 unspecified atom stereocenters. The van der Waals surface area contributed by atoms with Crippen molar-refractivity contribution in [2.45, 2.75) is 46.4 Å². The van der Waals surface area contributed by atoms with E-state index in [9.17, 15) is 0 Å². The van der Waals surface area contributed by atoms with Gasteiger partial charge in [0.2, 0.25) is 0 Å². The number of halogens is 2. The summed E-state index contributed by atoms with van der Waals surface area (Å²) in [4.78, 5) is 5.46. The van der Waals surface area contributed by atoms with Gasteiger partial charge in [-0.3, -0.25) is 0 Å². The van der Waals surface area contributed by atoms with Crippen LogP contribution in [0, 0.1) is 41.5 Å². The van der Waals surface area contributed by atoms with E-state index in [0.29, 0.717) is 10.0 Å². The van der Waals surface area contributed by atoms with Gasteiger partial charge in [0.25, 0.3) is 0 Å². The molecule has 5 aromatic carbocycles. The Labute approximate surface area is 282 Å². The van der Waals surface area contributed by atoms with Crippen LogP contribution in [0.3, 0.4) is 0 Å². The van der Waals surface area contributed by atoms with Crippen LogP contribution in [0.2, 0.25) is 0 Å². The van der Waals surface area contributed by atoms with Crippen LogP contribution in [0.5, 0.6) is 5.75 Å². The van der Waals surface area contributed by atoms with Crippen LogP contribution in [0.15, 0.2) is 95.9 Å². The standard InChI is InChI=1S/C21H26N2.C17H12OS.2ClH.Ru/c1-14-9-16(3)20(17(4)10-14)22-7-8-23(13-22)21-18(5)11-15(2)12-19(21)6;19-16-11-10-14-8-4-5-9-15(14)17(16)18-12-13-6-2-1-3-7-13;;;/h9-12H,7-8H2,1-6H3;1-11,19H;2*1H;/q;;;;+2/p-2. The van der Waals surface area contributed by atoms with Crippen LogP contribution in [-0.2, 0) is 11.9 Å². The van der Waals surface area contributed by atoms with Crippen molar-refractivity contribution in [1.82, 2.24) is 0 Å². The molecule has 1 aliphatic rings. The van der Waals surface area contributed by atoms with Crippen LogP contribution < -0.4 is 14.5 Å². The number of benzene rings is 5. The van der Waals surface area contributed by atoms with Gasteiger partial charge in [-0.2, -0.15) is 0 Å². The first-order valence-corrected chi connectivity index (χ1v) is 21.6. The van der Waals surface area contributed by atoms with Crippen LogP contribution >= 0.6 is 32.0 Å². The SMILES string of the molecule is Cc1cc(C)c(N2CCN(c3c(C)cc(C)cc3C)[C]2=[Ru]([Cl])([Cl])=[C](Oc2c(S)ccc3ccccc23)c2ccccc2)c(C)c1. The molecule has 0 N–H and O–H groups in total. The van der Waals surface area contributed by atoms with Crippen LogP contribution in [0.1, 0.15) is 38.9 Å². The van der Waals surface area contributed by atoms with E-state index in [-0.39, 0.29) is 0 Å². The summed E-state index contributed by atoms with van der Waals surface area (Å²) in [6, 6.07) is 31.2. The van der Waals surface area contributed by atoms with Gasteiger partial charge in [0, 0.05) is 0 Å². The van der Waals surface area contributed by atoms with E-state index in [1.807, 2.05) is 48.5 Å². The van der Waals surface area contributed by atoms with Crippen molar-refractivity contribution < 1.29 is 16.6 Å². The number of thiol groups is 1. The average Bonchev–Trinajstić information content (AvgIpc) is 3.41. The third kappa shape index (κ3) is 6.01. The second-order valence-electron chi connectivity index (χ2n) is 11.8. The van der Waals surface area contributed by atoms with Gasteiger partial charge in [0.05, 0.1) is 0 Å². The summed E-state index contributed by atoms with van der Waals surface area (Å²) < 4.78 is 8.54. The normalized spacial score (nSPS) is 13.9. The van der Waals surface area contributed by atoms with E-state index >= 15 is 0 Å². The summed E-state index contributed by atoms with van der Waals surface area (Å²) >= 11 is 0.723. The molecule has 1 saturated heterocycles. The van der Waals surface area contributed by atoms with Gasteiger partial charge in [-0.25, -0.2) is 0 Å². The minimum absolute atomic E-state index is 0.596. The molecule has 3 nitrogen and oxygen atoms in total. The summed E-state index contributed by atoms with van der Waals surface area (Å²) in [6.07, 6.45) is 0. The van der Waals surface area contributed by atoms with E-state index in [1.54, 1.807) is 0 Å². The summed E-state index contributed by atoms with van der Waals surface area (Å²) in [7, 11) is 16.0. The molecule has 0 bridgehead atoms. The number of rotatable bonds is 5. The molecule has 7 heteroatoms. The summed E-state index contributed by atoms with van der Waals surface area (Å²) in [5.74, 6) is 0.656. The number of anilines is 2. The monoisotopic (exact) mass is 742 g/mol. The maximum atomic E-state index is 7.99. The minimum atomic E-state index is -4.13. The number of hydrogen-bond acceptors (Lipinski definition) is 4. The van der Waals surface area contributed by atoms with Crippen molar-refractivity contribution in [2.75, 3.05) is 22.9 Å². The first kappa shape index (κ1) is 32.0. The van der Waals surface area contributed by atoms with Crippen molar-refractivity contribution in [1.29, 1.82) is 0 Å². The molecule has 1 aliphatic heterocycles. The second kappa shape index (κ2) is 12.7. The van der Waals surface area contributed by atoms with Crippen molar-refractivity contribution >= 4 is 62.8 Å². The van der Waals surface area contributed by atoms with Crippen LogP contribution in [0.4, 0.5) is 11.4 Å². The van der Waals surface area contributed by atoms with E-state index in [4.69, 9.17) is 36.7 Å². The van der Waals surface area contributed by atoms with Gasteiger partial charge < -0.3 is 0 Å². The number of aryl methyl sites for hydroxylation is 6. The molecule has 0 aliphatic carbocycles. The van der Waals surface area contributed by atoms with Crippen molar-refractivity contribution in [3.63, 3.8) is 0 Å². The molecule has 0 aromatic heterocycles. The number of hydrogen-bond donors (Lipinski definition) is 1. The van der Waals surface area contributed by atoms with Crippen molar-refractivity contribution in [2.24, 2.45) is 0 Å². The maximum absolute atomic E-state index is 7.99. The van der Waals surface area contributed by atoms with E-state index < -0.39 is 11.9 Å². The number of ether oxygens (including phenoxy) is 1. The fraction of sp³-hybridized carbons (Fsp3) is 0.211. The van der Waals surface area contributed by atoms with Crippen LogP contribution in [-0.4, -0.2) is 21.7 Å². The molecule has 0 atom stereocenters. The van der Waals surface area contributed by atoms with Crippen molar-refractivity contribution in [3.8, 4) is 5.75 Å². The number of fused-ring (bicyclic) bond motifs is 1. The summed E-state index contributed by atoms with van der Waals surface area (Å²) in [5.41, 5.74) is 10.4. The first-order chi connectivity index (χ1) is 21.5. The topological polar surface area (TPSA) is 15.7 Å². The molecular formula is C38H38Cl2N2ORuS. The molecule has 234 valence electrons. The zero-order valence-corrected chi connectivity index (χ0v) is 30.6. The quantitative estimate of drug-likeness (QED) is 0.143. The molecule has 0 saturated carbocycles. The van der Waals surface area contributed by atoms with Crippen molar-refractivity contribution in [3.05, 3.63) is 130 Å². The third-order valence-electron chi connectivity index (χ3n) is 8.23. The predicted molar refractivity (Wildman–Crippen MR) is 195 cm³/mol. The van der Waals surface area contributed by atoms with Gasteiger partial charge >= 0.3 is 284 Å². The Kier molecular flexibility index (Phi) is 9.02. The molecule has 1 heterocycles. The van der Waals surface area contributed by atoms with Crippen LogP contribution in [0.25, 0.3) is 10.8 Å². The van der Waals surface area contributed by atoms with Gasteiger partial charge in [-0.1, -0.05) is 0 Å². The van der Waals surface area contributed by atoms with E-state index in [0.717, 1.165) is 50.1 Å². The third-order valence-corrected chi connectivity index (χ3v) is 15.0. The zero-order valence-electron chi connectivity index (χ0n) is 26.4. The Bertz CT molecular complexity index is 1960. The van der Waals surface area contributed by atoms with Gasteiger partial charge in [-0.15, -0.1) is 0 Å². The molecule has 1 fully saturated rings. The Morgan fingerprint density at radius 3 is 1.69 bits per heavy atom. The molecule has 5 aromatic rings. The number of nitrogens with zero attached hydrogens (tertiary/aromatic N) is 2. The van der Waals surface area contributed by atoms with Gasteiger partial charge in [-0.05, 0) is 0 Å². The first-order valence-electron chi connectivity index (χ1n) is 15.0. The molecule has 0 amide bonds.